The van der Waals surface area contributed by atoms with Crippen molar-refractivity contribution in [2.45, 2.75) is 12.5 Å². The fraction of sp³-hybridized carbons (Fsp3) is 0.214. The summed E-state index contributed by atoms with van der Waals surface area (Å²) in [6, 6.07) is 11.7. The van der Waals surface area contributed by atoms with Crippen LogP contribution in [-0.2, 0) is 4.79 Å². The molecule has 0 fully saturated rings. The van der Waals surface area contributed by atoms with Gasteiger partial charge >= 0.3 is 0 Å². The van der Waals surface area contributed by atoms with Gasteiger partial charge in [0.1, 0.15) is 5.75 Å². The van der Waals surface area contributed by atoms with E-state index in [1.54, 1.807) is 0 Å². The molecule has 1 amide bonds. The third-order valence-electron chi connectivity index (χ3n) is 3.06. The largest absolute Gasteiger partial charge is 0.478 e. The highest BCUT2D eigenvalue weighted by Crippen LogP contribution is 2.34. The van der Waals surface area contributed by atoms with Gasteiger partial charge < -0.3 is 15.2 Å². The zero-order valence-corrected chi connectivity index (χ0v) is 9.72. The highest BCUT2D eigenvalue weighted by atomic mass is 16.5. The van der Waals surface area contributed by atoms with E-state index in [9.17, 15) is 4.79 Å². The molecule has 2 N–H and O–H groups in total. The van der Waals surface area contributed by atoms with Crippen LogP contribution in [0.25, 0.3) is 10.8 Å². The van der Waals surface area contributed by atoms with Crippen LogP contribution in [0.4, 0.5) is 5.69 Å². The van der Waals surface area contributed by atoms with Gasteiger partial charge in [-0.25, -0.2) is 0 Å². The van der Waals surface area contributed by atoms with Crippen LogP contribution in [0.2, 0.25) is 0 Å². The minimum absolute atomic E-state index is 0.0685. The summed E-state index contributed by atoms with van der Waals surface area (Å²) in [5.41, 5.74) is 0.688. The molecule has 2 aromatic rings. The number of carbonyl (C=O) groups is 1. The Morgan fingerprint density at radius 3 is 2.67 bits per heavy atom. The summed E-state index contributed by atoms with van der Waals surface area (Å²) in [6.07, 6.45) is -0.304. The van der Waals surface area contributed by atoms with Crippen molar-refractivity contribution < 1.29 is 14.6 Å². The van der Waals surface area contributed by atoms with E-state index in [1.807, 2.05) is 36.4 Å². The number of nitrogens with one attached hydrogen (secondary N) is 1. The average molecular weight is 243 g/mol. The van der Waals surface area contributed by atoms with Gasteiger partial charge in [-0.3, -0.25) is 4.79 Å². The van der Waals surface area contributed by atoms with Crippen molar-refractivity contribution in [3.63, 3.8) is 0 Å². The van der Waals surface area contributed by atoms with Crippen molar-refractivity contribution in [2.24, 2.45) is 0 Å². The maximum Gasteiger partial charge on any atom is 0.265 e. The number of anilines is 1. The Bertz CT molecular complexity index is 609. The van der Waals surface area contributed by atoms with Crippen molar-refractivity contribution in [2.75, 3.05) is 11.9 Å². The van der Waals surface area contributed by atoms with Crippen LogP contribution in [-0.4, -0.2) is 23.7 Å². The van der Waals surface area contributed by atoms with Crippen LogP contribution in [0.15, 0.2) is 36.4 Å². The molecule has 18 heavy (non-hydrogen) atoms. The third-order valence-corrected chi connectivity index (χ3v) is 3.06. The highest BCUT2D eigenvalue weighted by molar-refractivity contribution is 6.01. The minimum Gasteiger partial charge on any atom is -0.478 e. The predicted octanol–water partition coefficient (Wildman–Crippen LogP) is 1.92. The van der Waals surface area contributed by atoms with Gasteiger partial charge in [0.25, 0.3) is 5.91 Å². The third kappa shape index (κ3) is 1.80. The van der Waals surface area contributed by atoms with Crippen molar-refractivity contribution in [1.29, 1.82) is 0 Å². The summed E-state index contributed by atoms with van der Waals surface area (Å²) in [5, 5.41) is 13.8. The lowest BCUT2D eigenvalue weighted by Gasteiger charge is -2.25. The monoisotopic (exact) mass is 243 g/mol. The van der Waals surface area contributed by atoms with E-state index in [4.69, 9.17) is 9.84 Å². The molecule has 0 bridgehead atoms. The van der Waals surface area contributed by atoms with Crippen LogP contribution in [0, 0.1) is 0 Å². The number of amides is 1. The Morgan fingerprint density at radius 2 is 1.94 bits per heavy atom. The Kier molecular flexibility index (Phi) is 2.64. The van der Waals surface area contributed by atoms with E-state index in [2.05, 4.69) is 5.32 Å². The van der Waals surface area contributed by atoms with E-state index in [-0.39, 0.29) is 12.5 Å². The second-order valence-electron chi connectivity index (χ2n) is 4.30. The number of aliphatic hydroxyl groups excluding tert-OH is 1. The zero-order chi connectivity index (χ0) is 12.5. The molecule has 1 aliphatic rings. The standard InChI is InChI=1S/C14H13NO3/c16-6-5-12-14(17)15-11-7-9-3-1-2-4-10(9)8-13(11)18-12/h1-4,7-8,12,16H,5-6H2,(H,15,17). The molecule has 0 spiro atoms. The lowest BCUT2D eigenvalue weighted by molar-refractivity contribution is -0.124. The molecule has 0 aromatic heterocycles. The second kappa shape index (κ2) is 4.31. The van der Waals surface area contributed by atoms with Gasteiger partial charge in [0.15, 0.2) is 6.10 Å². The summed E-state index contributed by atoms with van der Waals surface area (Å²) >= 11 is 0. The van der Waals surface area contributed by atoms with Gasteiger partial charge in [0.2, 0.25) is 0 Å². The molecular formula is C14H13NO3. The molecule has 0 saturated heterocycles. The topological polar surface area (TPSA) is 58.6 Å². The molecule has 2 aromatic carbocycles. The summed E-state index contributed by atoms with van der Waals surface area (Å²) < 4.78 is 5.62. The number of ether oxygens (including phenoxy) is 1. The van der Waals surface area contributed by atoms with Crippen LogP contribution < -0.4 is 10.1 Å². The SMILES string of the molecule is O=C1Nc2cc3ccccc3cc2OC1CCO. The lowest BCUT2D eigenvalue weighted by Crippen LogP contribution is -2.37. The van der Waals surface area contributed by atoms with Gasteiger partial charge in [-0.05, 0) is 22.9 Å². The fourth-order valence-electron chi connectivity index (χ4n) is 2.14. The number of fused-ring (bicyclic) bond motifs is 2. The van der Waals surface area contributed by atoms with E-state index in [0.717, 1.165) is 10.8 Å². The first-order chi connectivity index (χ1) is 8.78. The number of hydrogen-bond acceptors (Lipinski definition) is 3. The highest BCUT2D eigenvalue weighted by Gasteiger charge is 2.27. The van der Waals surface area contributed by atoms with Crippen molar-refractivity contribution in [1.82, 2.24) is 0 Å². The summed E-state index contributed by atoms with van der Waals surface area (Å²) in [6.45, 7) is -0.0685. The van der Waals surface area contributed by atoms with Crippen molar-refractivity contribution in [3.8, 4) is 5.75 Å². The van der Waals surface area contributed by atoms with E-state index in [1.165, 1.54) is 0 Å². The van der Waals surface area contributed by atoms with E-state index < -0.39 is 6.10 Å². The molecule has 0 aliphatic carbocycles. The van der Waals surface area contributed by atoms with Crippen LogP contribution >= 0.6 is 0 Å². The zero-order valence-electron chi connectivity index (χ0n) is 9.72. The van der Waals surface area contributed by atoms with E-state index >= 15 is 0 Å². The maximum absolute atomic E-state index is 11.7. The second-order valence-corrected chi connectivity index (χ2v) is 4.30. The van der Waals surface area contributed by atoms with Crippen molar-refractivity contribution >= 4 is 22.4 Å². The van der Waals surface area contributed by atoms with Crippen LogP contribution in [0.1, 0.15) is 6.42 Å². The normalized spacial score (nSPS) is 18.1. The fourth-order valence-corrected chi connectivity index (χ4v) is 2.14. The smallest absolute Gasteiger partial charge is 0.265 e. The number of benzene rings is 2. The van der Waals surface area contributed by atoms with Gasteiger partial charge in [-0.15, -0.1) is 0 Å². The Balaban J connectivity index is 2.04. The van der Waals surface area contributed by atoms with Crippen LogP contribution in [0.5, 0.6) is 5.75 Å². The first-order valence-corrected chi connectivity index (χ1v) is 5.89. The summed E-state index contributed by atoms with van der Waals surface area (Å²) in [7, 11) is 0. The number of carbonyl (C=O) groups excluding carboxylic acids is 1. The molecular weight excluding hydrogens is 230 g/mol. The number of hydrogen-bond donors (Lipinski definition) is 2. The van der Waals surface area contributed by atoms with E-state index in [0.29, 0.717) is 17.9 Å². The molecule has 1 unspecified atom stereocenters. The quantitative estimate of drug-likeness (QED) is 0.847. The predicted molar refractivity (Wildman–Crippen MR) is 68.7 cm³/mol. The molecule has 1 heterocycles. The first-order valence-electron chi connectivity index (χ1n) is 5.89. The molecule has 3 rings (SSSR count). The molecule has 0 radical (unpaired) electrons. The number of rotatable bonds is 2. The average Bonchev–Trinajstić information content (AvgIpc) is 2.38. The molecule has 1 atom stereocenters. The van der Waals surface area contributed by atoms with Gasteiger partial charge in [-0.2, -0.15) is 0 Å². The molecule has 92 valence electrons. The molecule has 4 heteroatoms. The number of aliphatic hydroxyl groups is 1. The van der Waals surface area contributed by atoms with Crippen molar-refractivity contribution in [3.05, 3.63) is 36.4 Å². The first kappa shape index (κ1) is 11.0. The Hall–Kier alpha value is -2.07. The summed E-state index contributed by atoms with van der Waals surface area (Å²) in [5.74, 6) is 0.457. The Labute approximate surface area is 104 Å². The molecule has 0 saturated carbocycles. The van der Waals surface area contributed by atoms with Crippen LogP contribution in [0.3, 0.4) is 0 Å². The van der Waals surface area contributed by atoms with Gasteiger partial charge in [-0.1, -0.05) is 24.3 Å². The lowest BCUT2D eigenvalue weighted by atomic mass is 10.1. The van der Waals surface area contributed by atoms with Gasteiger partial charge in [0, 0.05) is 13.0 Å². The Morgan fingerprint density at radius 1 is 1.22 bits per heavy atom. The minimum atomic E-state index is -0.608. The molecule has 1 aliphatic heterocycles. The maximum atomic E-state index is 11.7. The summed E-state index contributed by atoms with van der Waals surface area (Å²) in [4.78, 5) is 11.7. The molecule has 4 nitrogen and oxygen atoms in total. The van der Waals surface area contributed by atoms with Gasteiger partial charge in [0.05, 0.1) is 5.69 Å².